The zero-order chi connectivity index (χ0) is 20.3. The second-order valence-corrected chi connectivity index (χ2v) is 7.62. The lowest BCUT2D eigenvalue weighted by molar-refractivity contribution is -0.150. The van der Waals surface area contributed by atoms with E-state index in [0.717, 1.165) is 22.2 Å². The minimum absolute atomic E-state index is 0.280. The summed E-state index contributed by atoms with van der Waals surface area (Å²) in [5.74, 6) is -3.20. The van der Waals surface area contributed by atoms with Crippen molar-refractivity contribution in [1.82, 2.24) is 4.57 Å². The van der Waals surface area contributed by atoms with Gasteiger partial charge in [-0.15, -0.1) is 0 Å². The van der Waals surface area contributed by atoms with Crippen molar-refractivity contribution in [3.8, 4) is 0 Å². The molecular formula is C23H20N2O4. The average Bonchev–Trinajstić information content (AvgIpc) is 3.19. The third-order valence-electron chi connectivity index (χ3n) is 6.30. The number of aryl methyl sites for hydroxylation is 1. The number of aromatic nitrogens is 1. The number of rotatable bonds is 2. The van der Waals surface area contributed by atoms with Crippen molar-refractivity contribution in [3.05, 3.63) is 65.9 Å². The summed E-state index contributed by atoms with van der Waals surface area (Å²) < 4.78 is 7.05. The zero-order valence-corrected chi connectivity index (χ0v) is 16.2. The van der Waals surface area contributed by atoms with E-state index in [4.69, 9.17) is 4.74 Å². The van der Waals surface area contributed by atoms with Crippen LogP contribution in [0.15, 0.2) is 54.6 Å². The molecule has 2 heterocycles. The first-order valence-corrected chi connectivity index (χ1v) is 9.61. The van der Waals surface area contributed by atoms with E-state index < -0.39 is 23.7 Å². The Balaban J connectivity index is 1.76. The SMILES string of the molecule is COC(=O)[C@H]1Cc2c(c3ccccc3n2C)[C@H]2C(=O)N(c3ccccc3)C(=O)[C@@H]12. The molecular weight excluding hydrogens is 368 g/mol. The lowest BCUT2D eigenvalue weighted by Crippen LogP contribution is -2.38. The Hall–Kier alpha value is -3.41. The summed E-state index contributed by atoms with van der Waals surface area (Å²) in [6.07, 6.45) is 0.371. The number of para-hydroxylation sites is 2. The van der Waals surface area contributed by atoms with Gasteiger partial charge in [0.1, 0.15) is 0 Å². The fourth-order valence-electron chi connectivity index (χ4n) is 5.02. The van der Waals surface area contributed by atoms with Gasteiger partial charge in [0, 0.05) is 30.1 Å². The summed E-state index contributed by atoms with van der Waals surface area (Å²) in [6, 6.07) is 16.7. The second kappa shape index (κ2) is 6.30. The Kier molecular flexibility index (Phi) is 3.84. The number of ether oxygens (including phenoxy) is 1. The van der Waals surface area contributed by atoms with Crippen molar-refractivity contribution in [2.24, 2.45) is 18.9 Å². The highest BCUT2D eigenvalue weighted by molar-refractivity contribution is 6.25. The van der Waals surface area contributed by atoms with Gasteiger partial charge in [-0.2, -0.15) is 0 Å². The van der Waals surface area contributed by atoms with Crippen molar-refractivity contribution < 1.29 is 19.1 Å². The molecule has 3 atom stereocenters. The number of hydrogen-bond acceptors (Lipinski definition) is 4. The summed E-state index contributed by atoms with van der Waals surface area (Å²) in [4.78, 5) is 40.9. The van der Waals surface area contributed by atoms with Crippen LogP contribution in [-0.4, -0.2) is 29.5 Å². The van der Waals surface area contributed by atoms with Gasteiger partial charge in [-0.05, 0) is 23.8 Å². The van der Waals surface area contributed by atoms with Crippen LogP contribution in [0.5, 0.6) is 0 Å². The molecule has 0 N–H and O–H groups in total. The summed E-state index contributed by atoms with van der Waals surface area (Å²) in [5, 5.41) is 0.958. The molecule has 0 saturated carbocycles. The van der Waals surface area contributed by atoms with E-state index in [1.165, 1.54) is 12.0 Å². The molecule has 29 heavy (non-hydrogen) atoms. The minimum atomic E-state index is -0.756. The van der Waals surface area contributed by atoms with Crippen LogP contribution in [0, 0.1) is 11.8 Å². The zero-order valence-electron chi connectivity index (χ0n) is 16.2. The molecule has 6 heteroatoms. The number of methoxy groups -OCH3 is 1. The molecule has 2 aromatic carbocycles. The molecule has 1 aliphatic heterocycles. The van der Waals surface area contributed by atoms with Crippen LogP contribution in [0.4, 0.5) is 5.69 Å². The molecule has 2 amide bonds. The Morgan fingerprint density at radius 2 is 1.69 bits per heavy atom. The number of carbonyl (C=O) groups is 3. The number of hydrogen-bond donors (Lipinski definition) is 0. The minimum Gasteiger partial charge on any atom is -0.469 e. The van der Waals surface area contributed by atoms with E-state index in [0.29, 0.717) is 12.1 Å². The number of amides is 2. The van der Waals surface area contributed by atoms with E-state index in [1.54, 1.807) is 24.3 Å². The molecule has 0 spiro atoms. The van der Waals surface area contributed by atoms with Gasteiger partial charge in [0.25, 0.3) is 0 Å². The second-order valence-electron chi connectivity index (χ2n) is 7.62. The van der Waals surface area contributed by atoms with Gasteiger partial charge in [0.2, 0.25) is 11.8 Å². The van der Waals surface area contributed by atoms with E-state index in [1.807, 2.05) is 41.9 Å². The normalized spacial score (nSPS) is 23.2. The molecule has 1 aliphatic carbocycles. The molecule has 1 aromatic heterocycles. The highest BCUT2D eigenvalue weighted by atomic mass is 16.5. The van der Waals surface area contributed by atoms with Crippen LogP contribution in [0.25, 0.3) is 10.9 Å². The molecule has 146 valence electrons. The smallest absolute Gasteiger partial charge is 0.309 e. The van der Waals surface area contributed by atoms with Crippen LogP contribution >= 0.6 is 0 Å². The van der Waals surface area contributed by atoms with Crippen LogP contribution in [0.1, 0.15) is 17.2 Å². The largest absolute Gasteiger partial charge is 0.469 e. The van der Waals surface area contributed by atoms with Crippen molar-refractivity contribution in [3.63, 3.8) is 0 Å². The Morgan fingerprint density at radius 1 is 1.00 bits per heavy atom. The Labute approximate surface area is 167 Å². The van der Waals surface area contributed by atoms with E-state index >= 15 is 0 Å². The first kappa shape index (κ1) is 17.7. The highest BCUT2D eigenvalue weighted by Crippen LogP contribution is 2.50. The third kappa shape index (κ3) is 2.32. The standard InChI is InChI=1S/C23H20N2O4/c1-24-16-11-7-6-10-14(16)18-17(24)12-15(23(28)29-2)19-20(18)22(27)25(21(19)26)13-8-4-3-5-9-13/h3-11,15,19-20H,12H2,1-2H3/t15-,19-,20+/m0/s1. The van der Waals surface area contributed by atoms with Gasteiger partial charge in [-0.3, -0.25) is 14.4 Å². The predicted molar refractivity (Wildman–Crippen MR) is 107 cm³/mol. The lowest BCUT2D eigenvalue weighted by Gasteiger charge is -2.29. The third-order valence-corrected chi connectivity index (χ3v) is 6.30. The molecule has 6 nitrogen and oxygen atoms in total. The quantitative estimate of drug-likeness (QED) is 0.500. The summed E-state index contributed by atoms with van der Waals surface area (Å²) in [5.41, 5.74) is 3.30. The summed E-state index contributed by atoms with van der Waals surface area (Å²) >= 11 is 0. The van der Waals surface area contributed by atoms with Crippen molar-refractivity contribution in [2.45, 2.75) is 12.3 Å². The van der Waals surface area contributed by atoms with E-state index in [2.05, 4.69) is 0 Å². The van der Waals surface area contributed by atoms with Crippen molar-refractivity contribution >= 4 is 34.4 Å². The monoisotopic (exact) mass is 388 g/mol. The van der Waals surface area contributed by atoms with Gasteiger partial charge < -0.3 is 9.30 Å². The molecule has 3 aromatic rings. The van der Waals surface area contributed by atoms with Crippen molar-refractivity contribution in [1.29, 1.82) is 0 Å². The van der Waals surface area contributed by atoms with Crippen LogP contribution in [-0.2, 0) is 32.6 Å². The molecule has 5 rings (SSSR count). The summed E-state index contributed by atoms with van der Waals surface area (Å²) in [6.45, 7) is 0. The average molecular weight is 388 g/mol. The predicted octanol–water partition coefficient (Wildman–Crippen LogP) is 2.80. The first-order valence-electron chi connectivity index (χ1n) is 9.61. The summed E-state index contributed by atoms with van der Waals surface area (Å²) in [7, 11) is 3.26. The maximum Gasteiger partial charge on any atom is 0.309 e. The van der Waals surface area contributed by atoms with Crippen LogP contribution < -0.4 is 4.90 Å². The van der Waals surface area contributed by atoms with E-state index in [9.17, 15) is 14.4 Å². The molecule has 0 unspecified atom stereocenters. The topological polar surface area (TPSA) is 68.6 Å². The maximum absolute atomic E-state index is 13.6. The number of nitrogens with zero attached hydrogens (tertiary/aromatic N) is 2. The number of benzene rings is 2. The molecule has 0 radical (unpaired) electrons. The molecule has 1 fully saturated rings. The van der Waals surface area contributed by atoms with Gasteiger partial charge in [-0.1, -0.05) is 36.4 Å². The van der Waals surface area contributed by atoms with Crippen LogP contribution in [0.2, 0.25) is 0 Å². The molecule has 0 bridgehead atoms. The number of imide groups is 1. The molecule has 2 aliphatic rings. The number of esters is 1. The molecule has 1 saturated heterocycles. The number of carbonyl (C=O) groups excluding carboxylic acids is 3. The maximum atomic E-state index is 13.6. The Bertz CT molecular complexity index is 1160. The first-order chi connectivity index (χ1) is 14.0. The number of fused-ring (bicyclic) bond motifs is 5. The Morgan fingerprint density at radius 3 is 2.41 bits per heavy atom. The van der Waals surface area contributed by atoms with Gasteiger partial charge >= 0.3 is 5.97 Å². The highest BCUT2D eigenvalue weighted by Gasteiger charge is 2.58. The fourth-order valence-corrected chi connectivity index (χ4v) is 5.02. The van der Waals surface area contributed by atoms with Gasteiger partial charge in [-0.25, -0.2) is 4.90 Å². The lowest BCUT2D eigenvalue weighted by atomic mass is 9.71. The van der Waals surface area contributed by atoms with Gasteiger partial charge in [0.15, 0.2) is 0 Å². The fraction of sp³-hybridized carbons (Fsp3) is 0.261. The van der Waals surface area contributed by atoms with Crippen LogP contribution in [0.3, 0.4) is 0 Å². The number of anilines is 1. The van der Waals surface area contributed by atoms with Crippen molar-refractivity contribution in [2.75, 3.05) is 12.0 Å². The van der Waals surface area contributed by atoms with Gasteiger partial charge in [0.05, 0.1) is 30.6 Å². The van der Waals surface area contributed by atoms with E-state index in [-0.39, 0.29) is 11.8 Å².